The Bertz CT molecular complexity index is 724. The van der Waals surface area contributed by atoms with Crippen LogP contribution in [0.2, 0.25) is 0 Å². The lowest BCUT2D eigenvalue weighted by Gasteiger charge is -2.31. The second-order valence-corrected chi connectivity index (χ2v) is 6.47. The Balaban J connectivity index is 1.58. The van der Waals surface area contributed by atoms with Gasteiger partial charge in [-0.25, -0.2) is 4.79 Å². The van der Waals surface area contributed by atoms with E-state index in [1.165, 1.54) is 0 Å². The zero-order valence-electron chi connectivity index (χ0n) is 14.7. The first-order valence-corrected chi connectivity index (χ1v) is 9.04. The average molecular weight is 342 g/mol. The van der Waals surface area contributed by atoms with Crippen LogP contribution in [0.3, 0.4) is 0 Å². The maximum absolute atomic E-state index is 12.0. The molecule has 0 saturated carbocycles. The molecule has 2 N–H and O–H groups in total. The first kappa shape index (κ1) is 17.4. The number of rotatable bonds is 5. The van der Waals surface area contributed by atoms with Crippen molar-refractivity contribution in [1.29, 1.82) is 0 Å². The normalized spacial score (nSPS) is 15.3. The summed E-state index contributed by atoms with van der Waals surface area (Å²) in [6, 6.07) is 11.8. The fourth-order valence-electron chi connectivity index (χ4n) is 3.13. The Hall–Kier alpha value is -2.43. The van der Waals surface area contributed by atoms with Gasteiger partial charge in [0, 0.05) is 42.4 Å². The fraction of sp³-hybridized carbons (Fsp3) is 0.450. The van der Waals surface area contributed by atoms with Gasteiger partial charge >= 0.3 is 6.09 Å². The summed E-state index contributed by atoms with van der Waals surface area (Å²) in [5, 5.41) is 2.04. The number of benzene rings is 2. The third kappa shape index (κ3) is 4.16. The lowest BCUT2D eigenvalue weighted by Crippen LogP contribution is -2.42. The molecular formula is C20H26N2O3. The first-order chi connectivity index (χ1) is 12.2. The molecule has 1 heterocycles. The molecule has 0 spiro atoms. The van der Waals surface area contributed by atoms with Gasteiger partial charge < -0.3 is 20.1 Å². The highest BCUT2D eigenvalue weighted by Gasteiger charge is 2.25. The molecule has 0 atom stereocenters. The van der Waals surface area contributed by atoms with E-state index in [1.807, 2.05) is 36.4 Å². The van der Waals surface area contributed by atoms with E-state index in [9.17, 15) is 4.79 Å². The largest absolute Gasteiger partial charge is 0.490 e. The summed E-state index contributed by atoms with van der Waals surface area (Å²) in [5.41, 5.74) is 6.80. The summed E-state index contributed by atoms with van der Waals surface area (Å²) in [6.45, 7) is 3.92. The molecule has 0 unspecified atom stereocenters. The minimum Gasteiger partial charge on any atom is -0.490 e. The lowest BCUT2D eigenvalue weighted by molar-refractivity contribution is 0.0675. The summed E-state index contributed by atoms with van der Waals surface area (Å²) >= 11 is 0. The van der Waals surface area contributed by atoms with Crippen LogP contribution in [0.1, 0.15) is 32.6 Å². The van der Waals surface area contributed by atoms with Gasteiger partial charge in [-0.2, -0.15) is 0 Å². The van der Waals surface area contributed by atoms with Gasteiger partial charge in [-0.1, -0.05) is 37.6 Å². The number of hydrogen-bond acceptors (Lipinski definition) is 4. The maximum Gasteiger partial charge on any atom is 0.409 e. The molecular weight excluding hydrogens is 316 g/mol. The number of unbranched alkanes of at least 4 members (excludes halogenated alkanes) is 1. The molecule has 1 saturated heterocycles. The molecule has 0 bridgehead atoms. The van der Waals surface area contributed by atoms with E-state index < -0.39 is 0 Å². The van der Waals surface area contributed by atoms with Gasteiger partial charge in [0.05, 0.1) is 6.61 Å². The van der Waals surface area contributed by atoms with Gasteiger partial charge in [0.1, 0.15) is 11.9 Å². The van der Waals surface area contributed by atoms with Crippen LogP contribution < -0.4 is 10.5 Å². The monoisotopic (exact) mass is 342 g/mol. The smallest absolute Gasteiger partial charge is 0.409 e. The van der Waals surface area contributed by atoms with E-state index in [4.69, 9.17) is 15.2 Å². The van der Waals surface area contributed by atoms with Crippen molar-refractivity contribution in [3.8, 4) is 5.75 Å². The van der Waals surface area contributed by atoms with Gasteiger partial charge in [0.15, 0.2) is 0 Å². The summed E-state index contributed by atoms with van der Waals surface area (Å²) < 4.78 is 11.5. The lowest BCUT2D eigenvalue weighted by atomic mass is 10.1. The number of piperidine rings is 1. The summed E-state index contributed by atoms with van der Waals surface area (Å²) in [4.78, 5) is 13.8. The van der Waals surface area contributed by atoms with Crippen molar-refractivity contribution < 1.29 is 14.3 Å². The summed E-state index contributed by atoms with van der Waals surface area (Å²) in [5.74, 6) is 0.855. The van der Waals surface area contributed by atoms with Gasteiger partial charge in [-0.3, -0.25) is 0 Å². The summed E-state index contributed by atoms with van der Waals surface area (Å²) in [7, 11) is 0. The van der Waals surface area contributed by atoms with Gasteiger partial charge in [-0.05, 0) is 18.6 Å². The highest BCUT2D eigenvalue weighted by atomic mass is 16.6. The van der Waals surface area contributed by atoms with Crippen LogP contribution in [-0.4, -0.2) is 36.8 Å². The van der Waals surface area contributed by atoms with Crippen LogP contribution in [0.15, 0.2) is 36.4 Å². The summed E-state index contributed by atoms with van der Waals surface area (Å²) in [6.07, 6.45) is 3.45. The number of carbonyl (C=O) groups excluding carboxylic acids is 1. The average Bonchev–Trinajstić information content (AvgIpc) is 2.65. The number of nitrogens with zero attached hydrogens (tertiary/aromatic N) is 1. The number of hydrogen-bond donors (Lipinski definition) is 1. The van der Waals surface area contributed by atoms with Crippen molar-refractivity contribution in [3.63, 3.8) is 0 Å². The molecule has 1 aliphatic rings. The SMILES string of the molecule is CCCCOC(=O)N1CCC(Oc2ccc(N)c3ccccc23)CC1. The number of nitrogen functional groups attached to an aromatic ring is 1. The Kier molecular flexibility index (Phi) is 5.64. The van der Waals surface area contributed by atoms with Crippen LogP contribution >= 0.6 is 0 Å². The molecule has 0 radical (unpaired) electrons. The van der Waals surface area contributed by atoms with E-state index in [1.54, 1.807) is 4.90 Å². The quantitative estimate of drug-likeness (QED) is 0.653. The zero-order valence-corrected chi connectivity index (χ0v) is 14.7. The molecule has 134 valence electrons. The fourth-order valence-corrected chi connectivity index (χ4v) is 3.13. The topological polar surface area (TPSA) is 64.8 Å². The molecule has 1 fully saturated rings. The Morgan fingerprint density at radius 2 is 1.88 bits per heavy atom. The number of fused-ring (bicyclic) bond motifs is 1. The standard InChI is InChI=1S/C20H26N2O3/c1-2-3-14-24-20(23)22-12-10-15(11-13-22)25-19-9-8-18(21)16-6-4-5-7-17(16)19/h4-9,15H,2-3,10-14,21H2,1H3. The molecule has 5 nitrogen and oxygen atoms in total. The number of anilines is 1. The first-order valence-electron chi connectivity index (χ1n) is 9.04. The van der Waals surface area contributed by atoms with Crippen molar-refractivity contribution >= 4 is 22.6 Å². The third-order valence-corrected chi connectivity index (χ3v) is 4.64. The molecule has 0 aromatic heterocycles. The molecule has 1 aliphatic heterocycles. The number of carbonyl (C=O) groups is 1. The van der Waals surface area contributed by atoms with Crippen LogP contribution in [0.25, 0.3) is 10.8 Å². The Labute approximate surface area is 148 Å². The van der Waals surface area contributed by atoms with Crippen molar-refractivity contribution in [2.75, 3.05) is 25.4 Å². The minimum absolute atomic E-state index is 0.103. The van der Waals surface area contributed by atoms with Gasteiger partial charge in [0.2, 0.25) is 0 Å². The zero-order chi connectivity index (χ0) is 17.6. The molecule has 2 aromatic rings. The highest BCUT2D eigenvalue weighted by Crippen LogP contribution is 2.31. The van der Waals surface area contributed by atoms with Crippen LogP contribution in [0.5, 0.6) is 5.75 Å². The highest BCUT2D eigenvalue weighted by molar-refractivity contribution is 5.97. The molecule has 3 rings (SSSR count). The van der Waals surface area contributed by atoms with Crippen LogP contribution in [-0.2, 0) is 4.74 Å². The molecule has 5 heteroatoms. The van der Waals surface area contributed by atoms with Crippen molar-refractivity contribution in [2.45, 2.75) is 38.7 Å². The van der Waals surface area contributed by atoms with Crippen LogP contribution in [0.4, 0.5) is 10.5 Å². The minimum atomic E-state index is -0.204. The molecule has 1 amide bonds. The molecule has 0 aliphatic carbocycles. The Morgan fingerprint density at radius 1 is 1.16 bits per heavy atom. The maximum atomic E-state index is 12.0. The Morgan fingerprint density at radius 3 is 2.60 bits per heavy atom. The predicted molar refractivity (Wildman–Crippen MR) is 99.8 cm³/mol. The van der Waals surface area contributed by atoms with E-state index in [0.29, 0.717) is 19.7 Å². The second kappa shape index (κ2) is 8.10. The van der Waals surface area contributed by atoms with Gasteiger partial charge in [-0.15, -0.1) is 0 Å². The van der Waals surface area contributed by atoms with E-state index in [0.717, 1.165) is 47.9 Å². The number of nitrogens with two attached hydrogens (primary N) is 1. The van der Waals surface area contributed by atoms with Crippen molar-refractivity contribution in [2.24, 2.45) is 0 Å². The van der Waals surface area contributed by atoms with E-state index in [2.05, 4.69) is 6.92 Å². The van der Waals surface area contributed by atoms with Crippen LogP contribution in [0, 0.1) is 0 Å². The number of amides is 1. The molecule has 25 heavy (non-hydrogen) atoms. The predicted octanol–water partition coefficient (Wildman–Crippen LogP) is 4.20. The van der Waals surface area contributed by atoms with Crippen molar-refractivity contribution in [3.05, 3.63) is 36.4 Å². The number of likely N-dealkylation sites (tertiary alicyclic amines) is 1. The van der Waals surface area contributed by atoms with E-state index >= 15 is 0 Å². The third-order valence-electron chi connectivity index (χ3n) is 4.64. The van der Waals surface area contributed by atoms with E-state index in [-0.39, 0.29) is 12.2 Å². The number of ether oxygens (including phenoxy) is 2. The molecule has 2 aromatic carbocycles. The second-order valence-electron chi connectivity index (χ2n) is 6.47. The van der Waals surface area contributed by atoms with Crippen molar-refractivity contribution in [1.82, 2.24) is 4.90 Å². The van der Waals surface area contributed by atoms with Gasteiger partial charge in [0.25, 0.3) is 0 Å².